The molecule has 0 aliphatic heterocycles. The highest BCUT2D eigenvalue weighted by Crippen LogP contribution is 2.33. The van der Waals surface area contributed by atoms with Crippen molar-refractivity contribution < 1.29 is 14.3 Å². The zero-order valence-electron chi connectivity index (χ0n) is 14.6. The molecular weight excluding hydrogens is 374 g/mol. The summed E-state index contributed by atoms with van der Waals surface area (Å²) in [7, 11) is 1.85. The molecule has 0 radical (unpaired) electrons. The molecule has 2 aromatic rings. The molecule has 0 amide bonds. The third kappa shape index (κ3) is 6.54. The van der Waals surface area contributed by atoms with E-state index in [0.717, 1.165) is 17.8 Å². The summed E-state index contributed by atoms with van der Waals surface area (Å²) in [6, 6.07) is 12.7. The Hall–Kier alpha value is -1.73. The molecule has 0 spiro atoms. The largest absolute Gasteiger partial charge is 0.463 e. The predicted molar refractivity (Wildman–Crippen MR) is 108 cm³/mol. The van der Waals surface area contributed by atoms with Crippen molar-refractivity contribution in [1.82, 2.24) is 5.23 Å². The van der Waals surface area contributed by atoms with Crippen LogP contribution < -0.4 is 10.5 Å². The van der Waals surface area contributed by atoms with Gasteiger partial charge in [-0.3, -0.25) is 4.79 Å². The highest BCUT2D eigenvalue weighted by Gasteiger charge is 2.12. The number of nitrogens with one attached hydrogen (secondary N) is 2. The smallest absolute Gasteiger partial charge is 0.310 e. The molecule has 0 aliphatic carbocycles. The Labute approximate surface area is 164 Å². The second-order valence-electron chi connectivity index (χ2n) is 5.49. The van der Waals surface area contributed by atoms with Crippen molar-refractivity contribution in [2.75, 3.05) is 31.7 Å². The third-order valence-electron chi connectivity index (χ3n) is 3.56. The van der Waals surface area contributed by atoms with E-state index in [1.807, 2.05) is 32.2 Å². The summed E-state index contributed by atoms with van der Waals surface area (Å²) in [6.45, 7) is 1.95. The minimum atomic E-state index is -0.318. The molecule has 8 heteroatoms. The number of esters is 1. The SMILES string of the molecule is BNCCOCCOC(=O)Cc1ccccc1Nc1c(Cl)cccc1Cl. The molecule has 0 fully saturated rings. The minimum Gasteiger partial charge on any atom is -0.463 e. The van der Waals surface area contributed by atoms with E-state index in [1.165, 1.54) is 0 Å². The molecule has 26 heavy (non-hydrogen) atoms. The monoisotopic (exact) mass is 394 g/mol. The van der Waals surface area contributed by atoms with Crippen LogP contribution in [0.25, 0.3) is 0 Å². The van der Waals surface area contributed by atoms with Crippen LogP contribution >= 0.6 is 23.2 Å². The first-order valence-corrected chi connectivity index (χ1v) is 9.04. The van der Waals surface area contributed by atoms with Gasteiger partial charge in [0, 0.05) is 12.2 Å². The Morgan fingerprint density at radius 2 is 1.73 bits per heavy atom. The Bertz CT molecular complexity index is 711. The third-order valence-corrected chi connectivity index (χ3v) is 4.19. The van der Waals surface area contributed by atoms with Crippen molar-refractivity contribution in [3.05, 3.63) is 58.1 Å². The molecule has 2 rings (SSSR count). The topological polar surface area (TPSA) is 59.6 Å². The molecule has 5 nitrogen and oxygen atoms in total. The van der Waals surface area contributed by atoms with E-state index < -0.39 is 0 Å². The Balaban J connectivity index is 1.93. The number of ether oxygens (including phenoxy) is 2. The van der Waals surface area contributed by atoms with Gasteiger partial charge in [-0.05, 0) is 23.8 Å². The van der Waals surface area contributed by atoms with Gasteiger partial charge >= 0.3 is 5.97 Å². The number of hydrogen-bond acceptors (Lipinski definition) is 5. The van der Waals surface area contributed by atoms with E-state index in [4.69, 9.17) is 32.7 Å². The maximum absolute atomic E-state index is 12.1. The van der Waals surface area contributed by atoms with E-state index >= 15 is 0 Å². The van der Waals surface area contributed by atoms with Crippen molar-refractivity contribution in [3.8, 4) is 0 Å². The van der Waals surface area contributed by atoms with Gasteiger partial charge in [-0.25, -0.2) is 0 Å². The lowest BCUT2D eigenvalue weighted by Crippen LogP contribution is -2.18. The van der Waals surface area contributed by atoms with Gasteiger partial charge < -0.3 is 20.0 Å². The van der Waals surface area contributed by atoms with Crippen molar-refractivity contribution in [3.63, 3.8) is 0 Å². The molecule has 0 aromatic heterocycles. The fourth-order valence-electron chi connectivity index (χ4n) is 2.25. The summed E-state index contributed by atoms with van der Waals surface area (Å²) >= 11 is 12.4. The summed E-state index contributed by atoms with van der Waals surface area (Å²) in [5.41, 5.74) is 2.16. The van der Waals surface area contributed by atoms with Crippen LogP contribution in [0.5, 0.6) is 0 Å². The normalized spacial score (nSPS) is 10.5. The standard InChI is InChI=1S/C18H21BCl2N2O3/c19-22-8-9-25-10-11-26-17(24)12-13-4-1-2-7-16(13)23-18-14(20)5-3-6-15(18)21/h1-7,22-23H,8-12,19H2. The van der Waals surface area contributed by atoms with Gasteiger partial charge in [0.05, 0.1) is 35.4 Å². The zero-order chi connectivity index (χ0) is 18.8. The molecule has 0 aliphatic rings. The first-order valence-electron chi connectivity index (χ1n) is 8.28. The average Bonchev–Trinajstić information content (AvgIpc) is 2.62. The van der Waals surface area contributed by atoms with Crippen LogP contribution in [0.3, 0.4) is 0 Å². The minimum absolute atomic E-state index is 0.141. The van der Waals surface area contributed by atoms with Crippen LogP contribution in [0.15, 0.2) is 42.5 Å². The van der Waals surface area contributed by atoms with Gasteiger partial charge in [-0.1, -0.05) is 47.5 Å². The van der Waals surface area contributed by atoms with Crippen LogP contribution in [0, 0.1) is 0 Å². The molecule has 0 bridgehead atoms. The Kier molecular flexibility index (Phi) is 8.78. The Morgan fingerprint density at radius 3 is 2.46 bits per heavy atom. The molecule has 2 aromatic carbocycles. The van der Waals surface area contributed by atoms with E-state index in [1.54, 1.807) is 18.2 Å². The van der Waals surface area contributed by atoms with Crippen molar-refractivity contribution in [1.29, 1.82) is 0 Å². The zero-order valence-corrected chi connectivity index (χ0v) is 16.1. The van der Waals surface area contributed by atoms with Crippen molar-refractivity contribution in [2.24, 2.45) is 0 Å². The molecular formula is C18H21BCl2N2O3. The first-order chi connectivity index (χ1) is 12.6. The predicted octanol–water partition coefficient (Wildman–Crippen LogP) is 2.98. The number of benzene rings is 2. The summed E-state index contributed by atoms with van der Waals surface area (Å²) in [4.78, 5) is 12.1. The summed E-state index contributed by atoms with van der Waals surface area (Å²) in [5.74, 6) is -0.318. The molecule has 0 unspecified atom stereocenters. The average molecular weight is 395 g/mol. The van der Waals surface area contributed by atoms with E-state index in [0.29, 0.717) is 28.9 Å². The molecule has 138 valence electrons. The number of halogens is 2. The lowest BCUT2D eigenvalue weighted by Gasteiger charge is -2.14. The maximum atomic E-state index is 12.1. The number of hydrogen-bond donors (Lipinski definition) is 2. The van der Waals surface area contributed by atoms with Crippen LogP contribution in [0.1, 0.15) is 5.56 Å². The molecule has 0 saturated heterocycles. The van der Waals surface area contributed by atoms with Gasteiger partial charge in [-0.15, -0.1) is 0 Å². The van der Waals surface area contributed by atoms with Gasteiger partial charge in [0.15, 0.2) is 7.98 Å². The molecule has 0 saturated carbocycles. The van der Waals surface area contributed by atoms with E-state index in [9.17, 15) is 4.79 Å². The number of anilines is 2. The highest BCUT2D eigenvalue weighted by atomic mass is 35.5. The Morgan fingerprint density at radius 1 is 1.00 bits per heavy atom. The fourth-order valence-corrected chi connectivity index (χ4v) is 2.74. The van der Waals surface area contributed by atoms with E-state index in [2.05, 4.69) is 10.5 Å². The lowest BCUT2D eigenvalue weighted by atomic mass is 10.1. The number of rotatable bonds is 10. The molecule has 2 N–H and O–H groups in total. The molecule has 0 atom stereocenters. The van der Waals surface area contributed by atoms with Crippen LogP contribution in [0.2, 0.25) is 10.0 Å². The van der Waals surface area contributed by atoms with Crippen LogP contribution in [-0.2, 0) is 20.7 Å². The maximum Gasteiger partial charge on any atom is 0.310 e. The lowest BCUT2D eigenvalue weighted by molar-refractivity contribution is -0.144. The number of para-hydroxylation sites is 2. The molecule has 0 heterocycles. The van der Waals surface area contributed by atoms with Crippen LogP contribution in [0.4, 0.5) is 11.4 Å². The highest BCUT2D eigenvalue weighted by molar-refractivity contribution is 6.39. The quantitative estimate of drug-likeness (QED) is 0.368. The van der Waals surface area contributed by atoms with Gasteiger partial charge in [0.1, 0.15) is 6.61 Å². The van der Waals surface area contributed by atoms with Gasteiger partial charge in [0.25, 0.3) is 0 Å². The number of carbonyl (C=O) groups is 1. The second kappa shape index (κ2) is 11.1. The van der Waals surface area contributed by atoms with Crippen molar-refractivity contribution >= 4 is 48.5 Å². The van der Waals surface area contributed by atoms with Crippen LogP contribution in [-0.4, -0.2) is 40.3 Å². The van der Waals surface area contributed by atoms with Gasteiger partial charge in [0.2, 0.25) is 0 Å². The first kappa shape index (κ1) is 20.6. The van der Waals surface area contributed by atoms with E-state index in [-0.39, 0.29) is 19.0 Å². The summed E-state index contributed by atoms with van der Waals surface area (Å²) in [6.07, 6.45) is 0.141. The number of carbonyl (C=O) groups excluding carboxylic acids is 1. The van der Waals surface area contributed by atoms with Crippen molar-refractivity contribution in [2.45, 2.75) is 6.42 Å². The van der Waals surface area contributed by atoms with Gasteiger partial charge in [-0.2, -0.15) is 0 Å². The fraction of sp³-hybridized carbons (Fsp3) is 0.278. The second-order valence-corrected chi connectivity index (χ2v) is 6.31. The summed E-state index contributed by atoms with van der Waals surface area (Å²) < 4.78 is 10.5. The summed E-state index contributed by atoms with van der Waals surface area (Å²) in [5, 5.41) is 7.19.